The molecule has 6 nitrogen and oxygen atoms in total. The van der Waals surface area contributed by atoms with Crippen molar-refractivity contribution in [3.8, 4) is 0 Å². The first-order chi connectivity index (χ1) is 8.50. The van der Waals surface area contributed by atoms with E-state index in [0.29, 0.717) is 0 Å². The van der Waals surface area contributed by atoms with Gasteiger partial charge in [-0.15, -0.1) is 11.3 Å². The van der Waals surface area contributed by atoms with Crippen molar-refractivity contribution < 1.29 is 18.3 Å². The highest BCUT2D eigenvalue weighted by atomic mass is 32.2. The summed E-state index contributed by atoms with van der Waals surface area (Å²) < 4.78 is 26.2. The van der Waals surface area contributed by atoms with Crippen LogP contribution in [0.25, 0.3) is 0 Å². The summed E-state index contributed by atoms with van der Waals surface area (Å²) in [6.07, 6.45) is 2.45. The molecule has 0 bridgehead atoms. The number of hydrogen-bond donors (Lipinski definition) is 2. The summed E-state index contributed by atoms with van der Waals surface area (Å²) in [7, 11) is -3.76. The number of aromatic nitrogens is 1. The van der Waals surface area contributed by atoms with Gasteiger partial charge in [0.1, 0.15) is 4.21 Å². The van der Waals surface area contributed by atoms with Gasteiger partial charge in [-0.05, 0) is 17.5 Å². The Bertz CT molecular complexity index is 665. The normalized spacial score (nSPS) is 11.1. The molecule has 94 valence electrons. The number of nitrogens with one attached hydrogen (secondary N) is 1. The Morgan fingerprint density at radius 2 is 2.17 bits per heavy atom. The largest absolute Gasteiger partial charge is 0.478 e. The highest BCUT2D eigenvalue weighted by Crippen LogP contribution is 2.21. The van der Waals surface area contributed by atoms with Gasteiger partial charge < -0.3 is 5.11 Å². The standard InChI is InChI=1S/C10H8N2O4S2/c13-10(14)7-3-4-11-6-8(7)12-18(15,16)9-2-1-5-17-9/h1-6,12H,(H,13,14). The minimum absolute atomic E-state index is 0.0570. The highest BCUT2D eigenvalue weighted by molar-refractivity contribution is 7.94. The van der Waals surface area contributed by atoms with Crippen molar-refractivity contribution in [3.63, 3.8) is 0 Å². The fraction of sp³-hybridized carbons (Fsp3) is 0. The number of nitrogens with zero attached hydrogens (tertiary/aromatic N) is 1. The first-order valence-corrected chi connectivity index (χ1v) is 7.10. The predicted molar refractivity (Wildman–Crippen MR) is 66.3 cm³/mol. The molecule has 0 aromatic carbocycles. The summed E-state index contributed by atoms with van der Waals surface area (Å²) >= 11 is 1.05. The fourth-order valence-electron chi connectivity index (χ4n) is 1.27. The average molecular weight is 284 g/mol. The lowest BCUT2D eigenvalue weighted by molar-refractivity contribution is 0.0698. The lowest BCUT2D eigenvalue weighted by Crippen LogP contribution is -2.14. The van der Waals surface area contributed by atoms with E-state index in [4.69, 9.17) is 5.11 Å². The lowest BCUT2D eigenvalue weighted by Gasteiger charge is -2.08. The SMILES string of the molecule is O=C(O)c1ccncc1NS(=O)(=O)c1cccs1. The molecular weight excluding hydrogens is 276 g/mol. The number of pyridine rings is 1. The van der Waals surface area contributed by atoms with Crippen LogP contribution in [0.3, 0.4) is 0 Å². The van der Waals surface area contributed by atoms with E-state index in [-0.39, 0.29) is 15.5 Å². The molecule has 0 aliphatic heterocycles. The van der Waals surface area contributed by atoms with Crippen LogP contribution in [0, 0.1) is 0 Å². The van der Waals surface area contributed by atoms with Crippen molar-refractivity contribution in [1.82, 2.24) is 4.98 Å². The molecule has 0 saturated carbocycles. The average Bonchev–Trinajstić information content (AvgIpc) is 2.83. The van der Waals surface area contributed by atoms with Crippen LogP contribution in [0.1, 0.15) is 10.4 Å². The minimum atomic E-state index is -3.76. The fourth-order valence-corrected chi connectivity index (χ4v) is 3.33. The zero-order valence-corrected chi connectivity index (χ0v) is 10.5. The van der Waals surface area contributed by atoms with Crippen LogP contribution in [-0.2, 0) is 10.0 Å². The molecule has 18 heavy (non-hydrogen) atoms. The number of anilines is 1. The Morgan fingerprint density at radius 1 is 1.39 bits per heavy atom. The van der Waals surface area contributed by atoms with Crippen LogP contribution in [0.15, 0.2) is 40.2 Å². The third-order valence-electron chi connectivity index (χ3n) is 2.06. The Balaban J connectivity index is 2.39. The number of sulfonamides is 1. The first-order valence-electron chi connectivity index (χ1n) is 4.74. The van der Waals surface area contributed by atoms with E-state index in [1.165, 1.54) is 18.3 Å². The second-order valence-electron chi connectivity index (χ2n) is 3.26. The molecule has 2 N–H and O–H groups in total. The van der Waals surface area contributed by atoms with Gasteiger partial charge in [-0.2, -0.15) is 0 Å². The molecule has 2 aromatic heterocycles. The zero-order chi connectivity index (χ0) is 13.2. The molecule has 2 aromatic rings. The van der Waals surface area contributed by atoms with Crippen molar-refractivity contribution in [1.29, 1.82) is 0 Å². The van der Waals surface area contributed by atoms with E-state index in [1.807, 2.05) is 0 Å². The maximum atomic E-state index is 11.9. The molecule has 2 rings (SSSR count). The maximum absolute atomic E-state index is 11.9. The lowest BCUT2D eigenvalue weighted by atomic mass is 10.2. The maximum Gasteiger partial charge on any atom is 0.337 e. The number of hydrogen-bond acceptors (Lipinski definition) is 5. The van der Waals surface area contributed by atoms with Crippen LogP contribution in [0.4, 0.5) is 5.69 Å². The second kappa shape index (κ2) is 4.75. The molecule has 2 heterocycles. The van der Waals surface area contributed by atoms with Crippen molar-refractivity contribution >= 4 is 33.0 Å². The van der Waals surface area contributed by atoms with Crippen LogP contribution in [-0.4, -0.2) is 24.5 Å². The molecular formula is C10H8N2O4S2. The Kier molecular flexibility index (Phi) is 3.30. The molecule has 0 unspecified atom stereocenters. The molecule has 0 spiro atoms. The number of carbonyl (C=O) groups is 1. The first kappa shape index (κ1) is 12.5. The van der Waals surface area contributed by atoms with Crippen molar-refractivity contribution in [2.24, 2.45) is 0 Å². The van der Waals surface area contributed by atoms with Gasteiger partial charge in [0, 0.05) is 6.20 Å². The Labute approximate surface area is 107 Å². The van der Waals surface area contributed by atoms with Crippen molar-refractivity contribution in [2.45, 2.75) is 4.21 Å². The summed E-state index contributed by atoms with van der Waals surface area (Å²) in [5, 5.41) is 10.6. The minimum Gasteiger partial charge on any atom is -0.478 e. The van der Waals surface area contributed by atoms with Crippen LogP contribution in [0.2, 0.25) is 0 Å². The smallest absolute Gasteiger partial charge is 0.337 e. The number of aromatic carboxylic acids is 1. The summed E-state index contributed by atoms with van der Waals surface area (Å²) in [4.78, 5) is 14.6. The van der Waals surface area contributed by atoms with Crippen LogP contribution >= 0.6 is 11.3 Å². The number of thiophene rings is 1. The van der Waals surface area contributed by atoms with Gasteiger partial charge in [-0.3, -0.25) is 9.71 Å². The molecule has 0 atom stereocenters. The number of carboxylic acid groups (broad SMARTS) is 1. The number of rotatable bonds is 4. The van der Waals surface area contributed by atoms with Gasteiger partial charge in [0.25, 0.3) is 10.0 Å². The van der Waals surface area contributed by atoms with Gasteiger partial charge in [-0.1, -0.05) is 6.07 Å². The van der Waals surface area contributed by atoms with Gasteiger partial charge in [0.15, 0.2) is 0 Å². The molecule has 8 heteroatoms. The summed E-state index contributed by atoms with van der Waals surface area (Å²) in [5.74, 6) is -1.22. The van der Waals surface area contributed by atoms with Crippen LogP contribution in [0.5, 0.6) is 0 Å². The van der Waals surface area contributed by atoms with Crippen LogP contribution < -0.4 is 4.72 Å². The highest BCUT2D eigenvalue weighted by Gasteiger charge is 2.19. The van der Waals surface area contributed by atoms with E-state index < -0.39 is 16.0 Å². The van der Waals surface area contributed by atoms with Gasteiger partial charge in [-0.25, -0.2) is 13.2 Å². The van der Waals surface area contributed by atoms with E-state index in [2.05, 4.69) is 9.71 Å². The Morgan fingerprint density at radius 3 is 2.78 bits per heavy atom. The summed E-state index contributed by atoms with van der Waals surface area (Å²) in [5.41, 5.74) is -0.205. The summed E-state index contributed by atoms with van der Waals surface area (Å²) in [6.45, 7) is 0. The van der Waals surface area contributed by atoms with E-state index in [1.54, 1.807) is 11.4 Å². The number of carboxylic acids is 1. The quantitative estimate of drug-likeness (QED) is 0.889. The molecule has 0 radical (unpaired) electrons. The molecule has 0 fully saturated rings. The van der Waals surface area contributed by atoms with E-state index in [0.717, 1.165) is 17.5 Å². The molecule has 0 saturated heterocycles. The van der Waals surface area contributed by atoms with Crippen molar-refractivity contribution in [3.05, 3.63) is 41.5 Å². The summed E-state index contributed by atoms with van der Waals surface area (Å²) in [6, 6.07) is 4.26. The van der Waals surface area contributed by atoms with Crippen molar-refractivity contribution in [2.75, 3.05) is 4.72 Å². The van der Waals surface area contributed by atoms with Gasteiger partial charge in [0.05, 0.1) is 17.4 Å². The molecule has 0 aliphatic carbocycles. The Hall–Kier alpha value is -1.93. The van der Waals surface area contributed by atoms with Gasteiger partial charge >= 0.3 is 5.97 Å². The van der Waals surface area contributed by atoms with Gasteiger partial charge in [0.2, 0.25) is 0 Å². The second-order valence-corrected chi connectivity index (χ2v) is 6.12. The zero-order valence-electron chi connectivity index (χ0n) is 8.90. The topological polar surface area (TPSA) is 96.4 Å². The monoisotopic (exact) mass is 284 g/mol. The predicted octanol–water partition coefficient (Wildman–Crippen LogP) is 1.64. The molecule has 0 amide bonds. The third-order valence-corrected chi connectivity index (χ3v) is 4.82. The third kappa shape index (κ3) is 2.49. The van der Waals surface area contributed by atoms with E-state index in [9.17, 15) is 13.2 Å². The van der Waals surface area contributed by atoms with E-state index >= 15 is 0 Å². The molecule has 0 aliphatic rings.